The fraction of sp³-hybridized carbons (Fsp3) is 0.800. The van der Waals surface area contributed by atoms with Gasteiger partial charge in [0.15, 0.2) is 0 Å². The summed E-state index contributed by atoms with van der Waals surface area (Å²) in [4.78, 5) is 2.30. The van der Waals surface area contributed by atoms with E-state index in [1.54, 1.807) is 6.92 Å². The number of aromatic nitrogens is 2. The lowest BCUT2D eigenvalue weighted by Gasteiger charge is -2.12. The van der Waals surface area contributed by atoms with Crippen molar-refractivity contribution >= 4 is 0 Å². The Bertz CT molecular complexity index is 313. The lowest BCUT2D eigenvalue weighted by atomic mass is 10.1. The molecule has 1 unspecified atom stereocenters. The molecule has 2 rings (SSSR count). The van der Waals surface area contributed by atoms with Crippen LogP contribution in [0.5, 0.6) is 0 Å². The molecule has 0 bridgehead atoms. The van der Waals surface area contributed by atoms with Gasteiger partial charge in [-0.3, -0.25) is 4.90 Å². The van der Waals surface area contributed by atoms with Gasteiger partial charge in [-0.05, 0) is 25.3 Å². The van der Waals surface area contributed by atoms with Crippen molar-refractivity contribution in [3.63, 3.8) is 0 Å². The number of aliphatic hydroxyl groups is 1. The second kappa shape index (κ2) is 4.72. The van der Waals surface area contributed by atoms with Gasteiger partial charge in [0, 0.05) is 20.1 Å². The monoisotopic (exact) mass is 211 g/mol. The topological polar surface area (TPSA) is 62.4 Å². The zero-order valence-electron chi connectivity index (χ0n) is 9.02. The summed E-state index contributed by atoms with van der Waals surface area (Å²) in [6, 6.07) is 0. The highest BCUT2D eigenvalue weighted by Gasteiger charge is 2.23. The number of likely N-dealkylation sites (tertiary alicyclic amines) is 1. The quantitative estimate of drug-likeness (QED) is 0.789. The summed E-state index contributed by atoms with van der Waals surface area (Å²) in [5, 5.41) is 16.6. The van der Waals surface area contributed by atoms with Crippen LogP contribution < -0.4 is 0 Å². The standard InChI is InChI=1S/C10H17N3O2/c1-8-11-12-10(15-8)7-13-4-2-9(6-13)3-5-14/h9,14H,2-7H2,1H3. The lowest BCUT2D eigenvalue weighted by Crippen LogP contribution is -2.20. The molecule has 0 saturated carbocycles. The number of aliphatic hydroxyl groups excluding tert-OH is 1. The van der Waals surface area contributed by atoms with Gasteiger partial charge in [0.1, 0.15) is 0 Å². The predicted octanol–water partition coefficient (Wildman–Crippen LogP) is 0.582. The largest absolute Gasteiger partial charge is 0.424 e. The van der Waals surface area contributed by atoms with Crippen LogP contribution in [-0.2, 0) is 6.54 Å². The van der Waals surface area contributed by atoms with Gasteiger partial charge in [0.25, 0.3) is 0 Å². The summed E-state index contributed by atoms with van der Waals surface area (Å²) < 4.78 is 5.33. The van der Waals surface area contributed by atoms with Crippen LogP contribution in [-0.4, -0.2) is 39.9 Å². The van der Waals surface area contributed by atoms with Crippen LogP contribution in [0.15, 0.2) is 4.42 Å². The van der Waals surface area contributed by atoms with Crippen molar-refractivity contribution < 1.29 is 9.52 Å². The van der Waals surface area contributed by atoms with E-state index in [1.807, 2.05) is 0 Å². The number of rotatable bonds is 4. The van der Waals surface area contributed by atoms with Crippen molar-refractivity contribution in [3.05, 3.63) is 11.8 Å². The maximum atomic E-state index is 8.85. The highest BCUT2D eigenvalue weighted by atomic mass is 16.4. The minimum atomic E-state index is 0.290. The first kappa shape index (κ1) is 10.6. The molecular formula is C10H17N3O2. The van der Waals surface area contributed by atoms with Gasteiger partial charge >= 0.3 is 0 Å². The third kappa shape index (κ3) is 2.76. The van der Waals surface area contributed by atoms with Gasteiger partial charge in [0.05, 0.1) is 6.54 Å². The molecule has 1 aliphatic rings. The van der Waals surface area contributed by atoms with Crippen LogP contribution in [0.25, 0.3) is 0 Å². The minimum absolute atomic E-state index is 0.290. The molecule has 1 saturated heterocycles. The fourth-order valence-electron chi connectivity index (χ4n) is 2.07. The fourth-order valence-corrected chi connectivity index (χ4v) is 2.07. The van der Waals surface area contributed by atoms with Crippen molar-refractivity contribution in [2.75, 3.05) is 19.7 Å². The van der Waals surface area contributed by atoms with Crippen LogP contribution in [0.1, 0.15) is 24.6 Å². The molecule has 0 aromatic carbocycles. The Morgan fingerprint density at radius 2 is 2.40 bits per heavy atom. The Balaban J connectivity index is 1.82. The smallest absolute Gasteiger partial charge is 0.230 e. The maximum absolute atomic E-state index is 8.85. The summed E-state index contributed by atoms with van der Waals surface area (Å²) in [5.41, 5.74) is 0. The summed E-state index contributed by atoms with van der Waals surface area (Å²) in [7, 11) is 0. The molecule has 2 heterocycles. The van der Waals surface area contributed by atoms with Gasteiger partial charge < -0.3 is 9.52 Å². The van der Waals surface area contributed by atoms with Gasteiger partial charge in [-0.2, -0.15) is 0 Å². The Hall–Kier alpha value is -0.940. The Kier molecular flexibility index (Phi) is 3.33. The molecule has 15 heavy (non-hydrogen) atoms. The van der Waals surface area contributed by atoms with Gasteiger partial charge in [-0.25, -0.2) is 0 Å². The molecule has 0 aliphatic carbocycles. The number of hydrogen-bond acceptors (Lipinski definition) is 5. The molecule has 1 fully saturated rings. The number of aryl methyl sites for hydroxylation is 1. The van der Waals surface area contributed by atoms with Crippen LogP contribution in [0, 0.1) is 12.8 Å². The molecule has 0 amide bonds. The molecule has 1 atom stereocenters. The molecule has 84 valence electrons. The normalized spacial score (nSPS) is 22.4. The van der Waals surface area contributed by atoms with E-state index >= 15 is 0 Å². The molecule has 5 nitrogen and oxygen atoms in total. The molecule has 1 aliphatic heterocycles. The van der Waals surface area contributed by atoms with E-state index in [0.29, 0.717) is 17.7 Å². The third-order valence-electron chi connectivity index (χ3n) is 2.83. The van der Waals surface area contributed by atoms with Gasteiger partial charge in [-0.1, -0.05) is 0 Å². The summed E-state index contributed by atoms with van der Waals surface area (Å²) in [5.74, 6) is 1.94. The van der Waals surface area contributed by atoms with Crippen molar-refractivity contribution in [1.29, 1.82) is 0 Å². The second-order valence-corrected chi connectivity index (χ2v) is 4.12. The second-order valence-electron chi connectivity index (χ2n) is 4.12. The average Bonchev–Trinajstić information content (AvgIpc) is 2.78. The Labute approximate surface area is 89.1 Å². The first-order valence-corrected chi connectivity index (χ1v) is 5.40. The molecule has 0 radical (unpaired) electrons. The molecule has 5 heteroatoms. The minimum Gasteiger partial charge on any atom is -0.424 e. The zero-order valence-corrected chi connectivity index (χ0v) is 9.02. The lowest BCUT2D eigenvalue weighted by molar-refractivity contribution is 0.242. The van der Waals surface area contributed by atoms with Gasteiger partial charge in [-0.15, -0.1) is 10.2 Å². The van der Waals surface area contributed by atoms with E-state index in [4.69, 9.17) is 9.52 Å². The van der Waals surface area contributed by atoms with Crippen molar-refractivity contribution in [1.82, 2.24) is 15.1 Å². The summed E-state index contributed by atoms with van der Waals surface area (Å²) in [6.07, 6.45) is 2.06. The van der Waals surface area contributed by atoms with E-state index in [2.05, 4.69) is 15.1 Å². The zero-order chi connectivity index (χ0) is 10.7. The third-order valence-corrected chi connectivity index (χ3v) is 2.83. The van der Waals surface area contributed by atoms with Crippen molar-refractivity contribution in [3.8, 4) is 0 Å². The van der Waals surface area contributed by atoms with E-state index in [-0.39, 0.29) is 6.61 Å². The predicted molar refractivity (Wildman–Crippen MR) is 54.1 cm³/mol. The molecular weight excluding hydrogens is 194 g/mol. The van der Waals surface area contributed by atoms with Crippen molar-refractivity contribution in [2.24, 2.45) is 5.92 Å². The Morgan fingerprint density at radius 1 is 1.53 bits per heavy atom. The molecule has 0 spiro atoms. The van der Waals surface area contributed by atoms with E-state index in [0.717, 1.165) is 32.5 Å². The van der Waals surface area contributed by atoms with Crippen LogP contribution in [0.2, 0.25) is 0 Å². The van der Waals surface area contributed by atoms with Crippen LogP contribution >= 0.6 is 0 Å². The van der Waals surface area contributed by atoms with Crippen LogP contribution in [0.3, 0.4) is 0 Å². The summed E-state index contributed by atoms with van der Waals surface area (Å²) in [6.45, 7) is 4.92. The summed E-state index contributed by atoms with van der Waals surface area (Å²) >= 11 is 0. The van der Waals surface area contributed by atoms with Gasteiger partial charge in [0.2, 0.25) is 11.8 Å². The van der Waals surface area contributed by atoms with E-state index < -0.39 is 0 Å². The van der Waals surface area contributed by atoms with E-state index in [1.165, 1.54) is 0 Å². The molecule has 1 N–H and O–H groups in total. The maximum Gasteiger partial charge on any atom is 0.230 e. The highest BCUT2D eigenvalue weighted by Crippen LogP contribution is 2.20. The average molecular weight is 211 g/mol. The number of hydrogen-bond donors (Lipinski definition) is 1. The first-order valence-electron chi connectivity index (χ1n) is 5.40. The van der Waals surface area contributed by atoms with Crippen molar-refractivity contribution in [2.45, 2.75) is 26.3 Å². The number of nitrogens with zero attached hydrogens (tertiary/aromatic N) is 3. The van der Waals surface area contributed by atoms with E-state index in [9.17, 15) is 0 Å². The Morgan fingerprint density at radius 3 is 3.07 bits per heavy atom. The molecule has 1 aromatic heterocycles. The molecule has 1 aromatic rings. The van der Waals surface area contributed by atoms with Crippen LogP contribution in [0.4, 0.5) is 0 Å². The highest BCUT2D eigenvalue weighted by molar-refractivity contribution is 4.83. The first-order chi connectivity index (χ1) is 7.28. The SMILES string of the molecule is Cc1nnc(CN2CCC(CCO)C2)o1.